The fourth-order valence-corrected chi connectivity index (χ4v) is 1.23. The van der Waals surface area contributed by atoms with Gasteiger partial charge in [-0.25, -0.2) is 0 Å². The van der Waals surface area contributed by atoms with Crippen molar-refractivity contribution in [1.82, 2.24) is 5.32 Å². The summed E-state index contributed by atoms with van der Waals surface area (Å²) < 4.78 is 0. The predicted octanol–water partition coefficient (Wildman–Crippen LogP) is -1.94. The van der Waals surface area contributed by atoms with E-state index in [1.807, 2.05) is 0 Å². The maximum atomic E-state index is 9.16. The van der Waals surface area contributed by atoms with Gasteiger partial charge < -0.3 is 20.6 Å². The number of aliphatic hydroxyl groups excluding tert-OH is 3. The lowest BCUT2D eigenvalue weighted by atomic mass is 10.1. The summed E-state index contributed by atoms with van der Waals surface area (Å²) in [4.78, 5) is 0. The zero-order valence-corrected chi connectivity index (χ0v) is 5.86. The van der Waals surface area contributed by atoms with E-state index in [0.29, 0.717) is 0 Å². The highest BCUT2D eigenvalue weighted by molar-refractivity contribution is 4.95. The van der Waals surface area contributed by atoms with Gasteiger partial charge in [0.05, 0.1) is 24.9 Å². The summed E-state index contributed by atoms with van der Waals surface area (Å²) in [6.07, 6.45) is -1.59. The Bertz CT molecular complexity index is 120. The molecule has 0 spiro atoms. The molecule has 0 aromatic rings. The first-order chi connectivity index (χ1) is 4.66. The summed E-state index contributed by atoms with van der Waals surface area (Å²) in [7, 11) is 0. The maximum absolute atomic E-state index is 9.16. The van der Waals surface area contributed by atoms with E-state index in [9.17, 15) is 0 Å². The van der Waals surface area contributed by atoms with Gasteiger partial charge >= 0.3 is 0 Å². The largest absolute Gasteiger partial charge is 0.395 e. The molecule has 1 unspecified atom stereocenters. The lowest BCUT2D eigenvalue weighted by Crippen LogP contribution is -2.36. The average Bonchev–Trinajstić information content (AvgIpc) is 2.17. The molecule has 0 bridgehead atoms. The summed E-state index contributed by atoms with van der Waals surface area (Å²) in [5.74, 6) is 0. The number of nitrogens with one attached hydrogen (secondary N) is 1. The fourth-order valence-electron chi connectivity index (χ4n) is 1.23. The van der Waals surface area contributed by atoms with Crippen LogP contribution in [0.1, 0.15) is 6.92 Å². The number of aliphatic hydroxyl groups is 3. The van der Waals surface area contributed by atoms with Gasteiger partial charge in [0.25, 0.3) is 0 Å². The third kappa shape index (κ3) is 1.15. The van der Waals surface area contributed by atoms with Crippen molar-refractivity contribution in [2.75, 3.05) is 6.61 Å². The molecule has 0 radical (unpaired) electrons. The molecular formula is C6H13NO3. The van der Waals surface area contributed by atoms with E-state index in [2.05, 4.69) is 5.32 Å². The minimum Gasteiger partial charge on any atom is -0.395 e. The minimum absolute atomic E-state index is 0.132. The molecule has 60 valence electrons. The van der Waals surface area contributed by atoms with Crippen molar-refractivity contribution >= 4 is 0 Å². The van der Waals surface area contributed by atoms with Crippen LogP contribution in [0.5, 0.6) is 0 Å². The molecule has 4 heteroatoms. The second kappa shape index (κ2) is 2.84. The Hall–Kier alpha value is -0.160. The van der Waals surface area contributed by atoms with Crippen molar-refractivity contribution in [1.29, 1.82) is 0 Å². The lowest BCUT2D eigenvalue weighted by molar-refractivity contribution is 0.0214. The highest BCUT2D eigenvalue weighted by Crippen LogP contribution is 2.12. The van der Waals surface area contributed by atoms with Gasteiger partial charge in [-0.15, -0.1) is 0 Å². The van der Waals surface area contributed by atoms with Crippen LogP contribution >= 0.6 is 0 Å². The van der Waals surface area contributed by atoms with E-state index >= 15 is 0 Å². The Morgan fingerprint density at radius 2 is 1.90 bits per heavy atom. The first kappa shape index (κ1) is 7.94. The molecule has 4 nitrogen and oxygen atoms in total. The van der Waals surface area contributed by atoms with E-state index < -0.39 is 12.2 Å². The second-order valence-corrected chi connectivity index (χ2v) is 2.73. The summed E-state index contributed by atoms with van der Waals surface area (Å²) in [6, 6.07) is -0.503. The van der Waals surface area contributed by atoms with Crippen LogP contribution < -0.4 is 5.32 Å². The molecule has 0 saturated carbocycles. The molecule has 10 heavy (non-hydrogen) atoms. The van der Waals surface area contributed by atoms with Crippen LogP contribution in [0.3, 0.4) is 0 Å². The smallest absolute Gasteiger partial charge is 0.0989 e. The van der Waals surface area contributed by atoms with Crippen LogP contribution in [0.4, 0.5) is 0 Å². The van der Waals surface area contributed by atoms with E-state index in [4.69, 9.17) is 15.3 Å². The molecule has 0 aromatic heterocycles. The van der Waals surface area contributed by atoms with Crippen molar-refractivity contribution in [3.63, 3.8) is 0 Å². The Balaban J connectivity index is 2.53. The van der Waals surface area contributed by atoms with Gasteiger partial charge in [-0.05, 0) is 6.92 Å². The Labute approximate surface area is 59.5 Å². The summed E-state index contributed by atoms with van der Waals surface area (Å²) in [5, 5.41) is 29.8. The third-order valence-corrected chi connectivity index (χ3v) is 1.95. The normalized spacial score (nSPS) is 48.0. The molecule has 0 amide bonds. The number of rotatable bonds is 1. The van der Waals surface area contributed by atoms with Gasteiger partial charge in [-0.2, -0.15) is 0 Å². The highest BCUT2D eigenvalue weighted by atomic mass is 16.3. The summed E-state index contributed by atoms with van der Waals surface area (Å²) in [5.41, 5.74) is 0. The predicted molar refractivity (Wildman–Crippen MR) is 35.5 cm³/mol. The van der Waals surface area contributed by atoms with Crippen LogP contribution in [-0.2, 0) is 0 Å². The zero-order chi connectivity index (χ0) is 7.72. The summed E-state index contributed by atoms with van der Waals surface area (Å²) >= 11 is 0. The van der Waals surface area contributed by atoms with Crippen molar-refractivity contribution in [3.05, 3.63) is 0 Å². The molecule has 0 aromatic carbocycles. The van der Waals surface area contributed by atoms with Gasteiger partial charge in [-0.3, -0.25) is 0 Å². The van der Waals surface area contributed by atoms with Crippen LogP contribution in [-0.4, -0.2) is 46.2 Å². The molecule has 1 aliphatic rings. The molecular weight excluding hydrogens is 134 g/mol. The van der Waals surface area contributed by atoms with Gasteiger partial charge in [0.1, 0.15) is 0 Å². The third-order valence-electron chi connectivity index (χ3n) is 1.95. The van der Waals surface area contributed by atoms with Crippen molar-refractivity contribution in [3.8, 4) is 0 Å². The molecule has 1 rings (SSSR count). The van der Waals surface area contributed by atoms with Crippen LogP contribution in [0.25, 0.3) is 0 Å². The lowest BCUT2D eigenvalue weighted by Gasteiger charge is -2.11. The van der Waals surface area contributed by atoms with E-state index in [1.165, 1.54) is 0 Å². The maximum Gasteiger partial charge on any atom is 0.0989 e. The topological polar surface area (TPSA) is 72.7 Å². The Morgan fingerprint density at radius 1 is 1.30 bits per heavy atom. The van der Waals surface area contributed by atoms with Gasteiger partial charge in [-0.1, -0.05) is 0 Å². The van der Waals surface area contributed by atoms with Gasteiger partial charge in [0, 0.05) is 6.04 Å². The van der Waals surface area contributed by atoms with Crippen molar-refractivity contribution in [2.45, 2.75) is 31.2 Å². The van der Waals surface area contributed by atoms with Crippen LogP contribution in [0, 0.1) is 0 Å². The molecule has 4 N–H and O–H groups in total. The molecule has 4 atom stereocenters. The Morgan fingerprint density at radius 3 is 2.10 bits per heavy atom. The van der Waals surface area contributed by atoms with Crippen molar-refractivity contribution < 1.29 is 15.3 Å². The fraction of sp³-hybridized carbons (Fsp3) is 1.00. The van der Waals surface area contributed by atoms with Gasteiger partial charge in [0.15, 0.2) is 0 Å². The van der Waals surface area contributed by atoms with E-state index in [0.717, 1.165) is 0 Å². The number of hydrogen-bond acceptors (Lipinski definition) is 4. The zero-order valence-electron chi connectivity index (χ0n) is 5.86. The van der Waals surface area contributed by atoms with E-state index in [1.54, 1.807) is 6.92 Å². The molecule has 1 aliphatic heterocycles. The standard InChI is InChI=1S/C6H13NO3/c1-3-5(9)6(10)4(2-8)7-3/h3-10H,2H2,1H3/t3?,4-,5+,6-/m1/s1. The molecule has 1 fully saturated rings. The van der Waals surface area contributed by atoms with Gasteiger partial charge in [0.2, 0.25) is 0 Å². The van der Waals surface area contributed by atoms with Crippen LogP contribution in [0.2, 0.25) is 0 Å². The molecule has 1 saturated heterocycles. The monoisotopic (exact) mass is 147 g/mol. The average molecular weight is 147 g/mol. The highest BCUT2D eigenvalue weighted by Gasteiger charge is 2.37. The van der Waals surface area contributed by atoms with Crippen molar-refractivity contribution in [2.24, 2.45) is 0 Å². The minimum atomic E-state index is -0.833. The summed E-state index contributed by atoms with van der Waals surface area (Å²) in [6.45, 7) is 1.63. The quantitative estimate of drug-likeness (QED) is 0.348. The van der Waals surface area contributed by atoms with E-state index in [-0.39, 0.29) is 18.7 Å². The Kier molecular flexibility index (Phi) is 2.25. The second-order valence-electron chi connectivity index (χ2n) is 2.73. The number of hydrogen-bond donors (Lipinski definition) is 4. The molecule has 0 aliphatic carbocycles. The van der Waals surface area contributed by atoms with Crippen LogP contribution in [0.15, 0.2) is 0 Å². The first-order valence-corrected chi connectivity index (χ1v) is 3.40. The molecule has 1 heterocycles. The SMILES string of the molecule is CC1N[C@H](CO)[C@@H](O)[C@H]1O. The first-order valence-electron chi connectivity index (χ1n) is 3.40.